The zero-order valence-electron chi connectivity index (χ0n) is 9.98. The molecule has 0 saturated heterocycles. The van der Waals surface area contributed by atoms with E-state index in [9.17, 15) is 9.90 Å². The summed E-state index contributed by atoms with van der Waals surface area (Å²) in [5.74, 6) is 2.72. The Bertz CT molecular complexity index is 490. The van der Waals surface area contributed by atoms with E-state index >= 15 is 0 Å². The number of carbonyl (C=O) groups excluding carboxylic acids is 1. The minimum absolute atomic E-state index is 0.0526. The molecule has 4 nitrogen and oxygen atoms in total. The summed E-state index contributed by atoms with van der Waals surface area (Å²) in [7, 11) is 0. The average molecular weight is 245 g/mol. The highest BCUT2D eigenvalue weighted by atomic mass is 16.5. The fraction of sp³-hybridized carbons (Fsp3) is 0.357. The van der Waals surface area contributed by atoms with Gasteiger partial charge in [0.15, 0.2) is 6.61 Å². The summed E-state index contributed by atoms with van der Waals surface area (Å²) in [6.45, 7) is 0.154. The van der Waals surface area contributed by atoms with Gasteiger partial charge in [-0.1, -0.05) is 12.0 Å². The van der Waals surface area contributed by atoms with E-state index in [-0.39, 0.29) is 25.2 Å². The van der Waals surface area contributed by atoms with Gasteiger partial charge >= 0.3 is 0 Å². The lowest BCUT2D eigenvalue weighted by Crippen LogP contribution is -2.29. The molecule has 2 rings (SSSR count). The molecule has 4 heteroatoms. The molecule has 0 radical (unpaired) electrons. The quantitative estimate of drug-likeness (QED) is 0.771. The third-order valence-electron chi connectivity index (χ3n) is 2.92. The van der Waals surface area contributed by atoms with Crippen LogP contribution in [0.3, 0.4) is 0 Å². The highest BCUT2D eigenvalue weighted by Crippen LogP contribution is 2.33. The number of aliphatic hydroxyl groups excluding tert-OH is 1. The third kappa shape index (κ3) is 2.82. The highest BCUT2D eigenvalue weighted by Gasteiger charge is 2.20. The first kappa shape index (κ1) is 12.5. The molecular formula is C14H15NO3. The van der Waals surface area contributed by atoms with Crippen molar-refractivity contribution in [3.8, 4) is 18.1 Å². The molecule has 0 saturated carbocycles. The lowest BCUT2D eigenvalue weighted by atomic mass is 10.1. The van der Waals surface area contributed by atoms with E-state index in [1.165, 1.54) is 0 Å². The molecule has 1 aliphatic carbocycles. The second-order valence-electron chi connectivity index (χ2n) is 4.18. The Labute approximate surface area is 106 Å². The fourth-order valence-electron chi connectivity index (χ4n) is 2.01. The number of terminal acetylenes is 1. The Hall–Kier alpha value is -1.99. The second-order valence-corrected chi connectivity index (χ2v) is 4.18. The summed E-state index contributed by atoms with van der Waals surface area (Å²) in [6.07, 6.45) is 6.26. The predicted octanol–water partition coefficient (Wildman–Crippen LogP) is 0.794. The van der Waals surface area contributed by atoms with Gasteiger partial charge in [-0.3, -0.25) is 4.79 Å². The number of rotatable bonds is 4. The second kappa shape index (κ2) is 5.56. The molecule has 0 heterocycles. The summed E-state index contributed by atoms with van der Waals surface area (Å²) in [5.41, 5.74) is 2.04. The molecule has 1 amide bonds. The van der Waals surface area contributed by atoms with Crippen molar-refractivity contribution in [2.24, 2.45) is 0 Å². The van der Waals surface area contributed by atoms with Crippen LogP contribution in [0.4, 0.5) is 0 Å². The summed E-state index contributed by atoms with van der Waals surface area (Å²) >= 11 is 0. The first-order chi connectivity index (χ1) is 8.70. The average Bonchev–Trinajstić information content (AvgIpc) is 2.75. The Morgan fingerprint density at radius 2 is 2.44 bits per heavy atom. The number of aliphatic hydroxyl groups is 1. The zero-order chi connectivity index (χ0) is 13.0. The topological polar surface area (TPSA) is 58.6 Å². The number of carbonyl (C=O) groups is 1. The van der Waals surface area contributed by atoms with Crippen LogP contribution in [0, 0.1) is 12.3 Å². The normalized spacial score (nSPS) is 16.8. The number of hydrogen-bond donors (Lipinski definition) is 2. The van der Waals surface area contributed by atoms with Crippen LogP contribution in [-0.2, 0) is 11.2 Å². The molecule has 18 heavy (non-hydrogen) atoms. The van der Waals surface area contributed by atoms with Gasteiger partial charge in [0, 0.05) is 0 Å². The molecule has 2 N–H and O–H groups in total. The number of benzene rings is 1. The number of nitrogens with one attached hydrogen (secondary N) is 1. The van der Waals surface area contributed by atoms with Crippen molar-refractivity contribution >= 4 is 5.91 Å². The number of hydrogen-bond acceptors (Lipinski definition) is 3. The smallest absolute Gasteiger partial charge is 0.258 e. The molecular weight excluding hydrogens is 230 g/mol. The number of aryl methyl sites for hydroxylation is 1. The van der Waals surface area contributed by atoms with Crippen LogP contribution in [-0.4, -0.2) is 24.2 Å². The van der Waals surface area contributed by atoms with E-state index in [0.29, 0.717) is 5.75 Å². The van der Waals surface area contributed by atoms with Gasteiger partial charge in [-0.05, 0) is 36.1 Å². The van der Waals surface area contributed by atoms with Gasteiger partial charge in [-0.2, -0.15) is 0 Å². The maximum Gasteiger partial charge on any atom is 0.258 e. The third-order valence-corrected chi connectivity index (χ3v) is 2.92. The maximum atomic E-state index is 11.3. The van der Waals surface area contributed by atoms with Gasteiger partial charge < -0.3 is 15.2 Å². The molecule has 0 spiro atoms. The van der Waals surface area contributed by atoms with Crippen molar-refractivity contribution in [1.29, 1.82) is 0 Å². The van der Waals surface area contributed by atoms with Crippen molar-refractivity contribution in [1.82, 2.24) is 5.32 Å². The molecule has 1 atom stereocenters. The van der Waals surface area contributed by atoms with E-state index in [1.807, 2.05) is 12.1 Å². The predicted molar refractivity (Wildman–Crippen MR) is 67.1 cm³/mol. The minimum Gasteiger partial charge on any atom is -0.484 e. The fourth-order valence-corrected chi connectivity index (χ4v) is 2.01. The maximum absolute atomic E-state index is 11.3. The monoisotopic (exact) mass is 245 g/mol. The van der Waals surface area contributed by atoms with E-state index < -0.39 is 0 Å². The van der Waals surface area contributed by atoms with Crippen LogP contribution in [0.1, 0.15) is 23.7 Å². The molecule has 0 unspecified atom stereocenters. The molecule has 94 valence electrons. The van der Waals surface area contributed by atoms with Gasteiger partial charge in [0.25, 0.3) is 5.91 Å². The number of ether oxygens (including phenoxy) is 1. The Balaban J connectivity index is 1.91. The van der Waals surface area contributed by atoms with Gasteiger partial charge in [-0.15, -0.1) is 6.42 Å². The Kier molecular flexibility index (Phi) is 3.85. The molecule has 1 aliphatic rings. The van der Waals surface area contributed by atoms with Gasteiger partial charge in [0.1, 0.15) is 5.75 Å². The molecule has 1 aromatic rings. The van der Waals surface area contributed by atoms with E-state index in [4.69, 9.17) is 11.2 Å². The van der Waals surface area contributed by atoms with Crippen LogP contribution in [0.25, 0.3) is 0 Å². The molecule has 0 aliphatic heterocycles. The van der Waals surface area contributed by atoms with Crippen LogP contribution < -0.4 is 10.1 Å². The molecule has 0 fully saturated rings. The van der Waals surface area contributed by atoms with Crippen LogP contribution in [0.5, 0.6) is 5.75 Å². The summed E-state index contributed by atoms with van der Waals surface area (Å²) in [6, 6.07) is 5.49. The number of fused-ring (bicyclic) bond motifs is 1. The zero-order valence-corrected chi connectivity index (χ0v) is 9.98. The standard InChI is InChI=1S/C14H15NO3/c1-2-7-15-14(17)9-18-11-4-5-12-10(8-11)3-6-13(12)16/h1,4-5,8,13,16H,3,6-7,9H2,(H,15,17)/t13-/m0/s1. The van der Waals surface area contributed by atoms with Crippen LogP contribution in [0.2, 0.25) is 0 Å². The Morgan fingerprint density at radius 3 is 3.22 bits per heavy atom. The summed E-state index contributed by atoms with van der Waals surface area (Å²) in [5, 5.41) is 12.2. The molecule has 1 aromatic carbocycles. The van der Waals surface area contributed by atoms with Gasteiger partial charge in [0.05, 0.1) is 12.6 Å². The lowest BCUT2D eigenvalue weighted by molar-refractivity contribution is -0.122. The van der Waals surface area contributed by atoms with Crippen molar-refractivity contribution in [3.63, 3.8) is 0 Å². The van der Waals surface area contributed by atoms with Crippen molar-refractivity contribution < 1.29 is 14.6 Å². The lowest BCUT2D eigenvalue weighted by Gasteiger charge is -2.08. The van der Waals surface area contributed by atoms with E-state index in [0.717, 1.165) is 24.0 Å². The van der Waals surface area contributed by atoms with Crippen LogP contribution >= 0.6 is 0 Å². The first-order valence-electron chi connectivity index (χ1n) is 5.84. The molecule has 0 aromatic heterocycles. The van der Waals surface area contributed by atoms with Gasteiger partial charge in [-0.25, -0.2) is 0 Å². The summed E-state index contributed by atoms with van der Waals surface area (Å²) in [4.78, 5) is 11.3. The Morgan fingerprint density at radius 1 is 1.61 bits per heavy atom. The van der Waals surface area contributed by atoms with E-state index in [1.54, 1.807) is 6.07 Å². The van der Waals surface area contributed by atoms with E-state index in [2.05, 4.69) is 11.2 Å². The minimum atomic E-state index is -0.368. The molecule has 0 bridgehead atoms. The first-order valence-corrected chi connectivity index (χ1v) is 5.84. The summed E-state index contributed by atoms with van der Waals surface area (Å²) < 4.78 is 5.36. The van der Waals surface area contributed by atoms with Crippen LogP contribution in [0.15, 0.2) is 18.2 Å². The largest absolute Gasteiger partial charge is 0.484 e. The van der Waals surface area contributed by atoms with Crippen molar-refractivity contribution in [2.75, 3.05) is 13.2 Å². The SMILES string of the molecule is C#CCNC(=O)COc1ccc2c(c1)CC[C@@H]2O. The van der Waals surface area contributed by atoms with Gasteiger partial charge in [0.2, 0.25) is 0 Å². The number of amides is 1. The highest BCUT2D eigenvalue weighted by molar-refractivity contribution is 5.77. The van der Waals surface area contributed by atoms with Crippen molar-refractivity contribution in [3.05, 3.63) is 29.3 Å². The van der Waals surface area contributed by atoms with Crippen molar-refractivity contribution in [2.45, 2.75) is 18.9 Å².